The van der Waals surface area contributed by atoms with E-state index in [-0.39, 0.29) is 65.7 Å². The molecule has 0 aromatic rings. The molecule has 0 aliphatic rings. The van der Waals surface area contributed by atoms with Crippen LogP contribution in [0.25, 0.3) is 0 Å². The van der Waals surface area contributed by atoms with Crippen molar-refractivity contribution in [2.24, 2.45) is 5.41 Å². The fraction of sp³-hybridized carbons (Fsp3) is 0.909. The van der Waals surface area contributed by atoms with E-state index in [4.69, 9.17) is 0 Å². The number of unbranched alkanes of at least 4 members (excludes halogenated alkanes) is 13. The van der Waals surface area contributed by atoms with Crippen molar-refractivity contribution in [3.8, 4) is 0 Å². The van der Waals surface area contributed by atoms with Gasteiger partial charge in [-0.25, -0.2) is 0 Å². The van der Waals surface area contributed by atoms with Gasteiger partial charge in [-0.05, 0) is 12.8 Å². The molecule has 0 amide bonds. The van der Waals surface area contributed by atoms with E-state index < -0.39 is 17.4 Å². The normalized spacial score (nSPS) is 11.2. The molecule has 4 nitrogen and oxygen atoms in total. The molecular weight excluding hydrogens is 367 g/mol. The second-order valence-corrected chi connectivity index (χ2v) is 7.79. The maximum atomic E-state index is 11.7. The largest absolute Gasteiger partial charge is 1.00 e. The molecule has 0 atom stereocenters. The molecule has 0 aliphatic heterocycles. The molecule has 0 unspecified atom stereocenters. The Morgan fingerprint density at radius 1 is 0.593 bits per heavy atom. The topological polar surface area (TPSA) is 74.6 Å². The van der Waals surface area contributed by atoms with Gasteiger partial charge >= 0.3 is 63.3 Å². The number of carboxylic acids is 2. The van der Waals surface area contributed by atoms with Gasteiger partial charge in [0.25, 0.3) is 0 Å². The minimum atomic E-state index is -1.58. The number of hydrogen-bond acceptors (Lipinski definition) is 2. The Morgan fingerprint density at radius 3 is 1.11 bits per heavy atom. The zero-order chi connectivity index (χ0) is 19.7. The van der Waals surface area contributed by atoms with Crippen molar-refractivity contribution in [3.05, 3.63) is 0 Å². The van der Waals surface area contributed by atoms with Gasteiger partial charge < -0.3 is 11.6 Å². The summed E-state index contributed by atoms with van der Waals surface area (Å²) in [6.07, 6.45) is 17.1. The van der Waals surface area contributed by atoms with Gasteiger partial charge in [0.15, 0.2) is 5.41 Å². The van der Waals surface area contributed by atoms with Gasteiger partial charge in [0.2, 0.25) is 0 Å². The van der Waals surface area contributed by atoms with Crippen LogP contribution in [0.1, 0.15) is 124 Å². The van der Waals surface area contributed by atoms with Crippen LogP contribution in [0.5, 0.6) is 0 Å². The Balaban J connectivity index is -0.00000312. The van der Waals surface area contributed by atoms with Crippen LogP contribution in [0.4, 0.5) is 0 Å². The van der Waals surface area contributed by atoms with Crippen molar-refractivity contribution in [2.45, 2.75) is 123 Å². The average molecular weight is 411 g/mol. The molecule has 27 heavy (non-hydrogen) atoms. The molecule has 0 fully saturated rings. The summed E-state index contributed by atoms with van der Waals surface area (Å²) < 4.78 is 0. The van der Waals surface area contributed by atoms with Gasteiger partial charge in [0.1, 0.15) is 0 Å². The quantitative estimate of drug-likeness (QED) is 0.192. The van der Waals surface area contributed by atoms with Gasteiger partial charge in [0.05, 0.1) is 0 Å². The Hall–Kier alpha value is 0.576. The molecule has 0 radical (unpaired) electrons. The summed E-state index contributed by atoms with van der Waals surface area (Å²) in [5.74, 6) is -2.31. The van der Waals surface area contributed by atoms with Gasteiger partial charge in [-0.15, -0.1) is 0 Å². The number of aliphatic carboxylic acids is 2. The molecule has 156 valence electrons. The van der Waals surface area contributed by atoms with Crippen LogP contribution >= 0.6 is 0 Å². The fourth-order valence-corrected chi connectivity index (χ4v) is 3.59. The molecule has 0 rings (SSSR count). The van der Waals surface area contributed by atoms with Gasteiger partial charge in [0, 0.05) is 0 Å². The molecule has 2 N–H and O–H groups in total. The third-order valence-corrected chi connectivity index (χ3v) is 5.48. The summed E-state index contributed by atoms with van der Waals surface area (Å²) in [6, 6.07) is 0. The molecule has 5 heteroatoms. The number of rotatable bonds is 19. The molecule has 0 aromatic carbocycles. The van der Waals surface area contributed by atoms with E-state index in [0.29, 0.717) is 12.8 Å². The van der Waals surface area contributed by atoms with Crippen LogP contribution in [0.2, 0.25) is 0 Å². The minimum absolute atomic E-state index is 0. The molecular formula is C22H43KO4. The minimum Gasteiger partial charge on any atom is -1.00 e. The average Bonchev–Trinajstić information content (AvgIpc) is 2.60. The summed E-state index contributed by atoms with van der Waals surface area (Å²) in [4.78, 5) is 23.4. The van der Waals surface area contributed by atoms with Crippen LogP contribution in [-0.4, -0.2) is 22.2 Å². The number of carbonyl (C=O) groups is 2. The molecule has 0 heterocycles. The van der Waals surface area contributed by atoms with Crippen molar-refractivity contribution in [1.82, 2.24) is 0 Å². The second kappa shape index (κ2) is 19.9. The van der Waals surface area contributed by atoms with Gasteiger partial charge in [-0.3, -0.25) is 9.59 Å². The summed E-state index contributed by atoms with van der Waals surface area (Å²) in [7, 11) is 0. The van der Waals surface area contributed by atoms with Crippen molar-refractivity contribution in [2.75, 3.05) is 0 Å². The Labute approximate surface area is 211 Å². The van der Waals surface area contributed by atoms with E-state index in [1.54, 1.807) is 0 Å². The van der Waals surface area contributed by atoms with Crippen molar-refractivity contribution >= 4 is 11.9 Å². The second-order valence-electron chi connectivity index (χ2n) is 7.79. The first-order valence-electron chi connectivity index (χ1n) is 11.0. The number of carboxylic acid groups (broad SMARTS) is 2. The summed E-state index contributed by atoms with van der Waals surface area (Å²) in [6.45, 7) is 4.35. The smallest absolute Gasteiger partial charge is 1.00 e. The van der Waals surface area contributed by atoms with Crippen LogP contribution in [0.15, 0.2) is 0 Å². The zero-order valence-corrected chi connectivity index (χ0v) is 21.4. The first-order chi connectivity index (χ1) is 12.5. The van der Waals surface area contributed by atoms with Crippen LogP contribution in [0, 0.1) is 5.41 Å². The van der Waals surface area contributed by atoms with Gasteiger partial charge in [-0.1, -0.05) is 110 Å². The standard InChI is InChI=1S/C22H42O4.K.H/c1-3-5-7-9-10-11-12-13-15-17-19-22(20(23)24,21(25)26)18-16-14-8-6-4-2;;/h3-19H2,1-2H3,(H,23,24)(H,25,26);;/q;+1;-1. The van der Waals surface area contributed by atoms with E-state index in [0.717, 1.165) is 38.5 Å². The van der Waals surface area contributed by atoms with E-state index >= 15 is 0 Å². The molecule has 0 bridgehead atoms. The van der Waals surface area contributed by atoms with Gasteiger partial charge in [-0.2, -0.15) is 0 Å². The molecule has 0 aromatic heterocycles. The Morgan fingerprint density at radius 2 is 0.852 bits per heavy atom. The van der Waals surface area contributed by atoms with Crippen LogP contribution in [0.3, 0.4) is 0 Å². The van der Waals surface area contributed by atoms with E-state index in [1.165, 1.54) is 44.9 Å². The SMILES string of the molecule is CCCCCCCCCCCCC(CCCCCCC)(C(=O)O)C(=O)O.[H-].[K+]. The van der Waals surface area contributed by atoms with E-state index in [9.17, 15) is 19.8 Å². The van der Waals surface area contributed by atoms with Crippen LogP contribution in [-0.2, 0) is 9.59 Å². The number of hydrogen-bond donors (Lipinski definition) is 2. The Kier molecular flexibility index (Phi) is 21.9. The first kappa shape index (κ1) is 29.8. The van der Waals surface area contributed by atoms with Crippen molar-refractivity contribution < 1.29 is 72.6 Å². The predicted molar refractivity (Wildman–Crippen MR) is 109 cm³/mol. The third kappa shape index (κ3) is 14.2. The maximum absolute atomic E-state index is 11.7. The molecule has 0 saturated carbocycles. The van der Waals surface area contributed by atoms with Crippen molar-refractivity contribution in [3.63, 3.8) is 0 Å². The molecule has 0 spiro atoms. The zero-order valence-electron chi connectivity index (χ0n) is 19.2. The van der Waals surface area contributed by atoms with Crippen molar-refractivity contribution in [1.29, 1.82) is 0 Å². The van der Waals surface area contributed by atoms with Crippen LogP contribution < -0.4 is 51.4 Å². The first-order valence-corrected chi connectivity index (χ1v) is 11.0. The summed E-state index contributed by atoms with van der Waals surface area (Å²) >= 11 is 0. The maximum Gasteiger partial charge on any atom is 1.00 e. The third-order valence-electron chi connectivity index (χ3n) is 5.48. The molecule has 0 saturated heterocycles. The Bertz CT molecular complexity index is 364. The van der Waals surface area contributed by atoms with E-state index in [1.807, 2.05) is 0 Å². The summed E-state index contributed by atoms with van der Waals surface area (Å²) in [5.41, 5.74) is -1.58. The summed E-state index contributed by atoms with van der Waals surface area (Å²) in [5, 5.41) is 19.1. The monoisotopic (exact) mass is 410 g/mol. The van der Waals surface area contributed by atoms with E-state index in [2.05, 4.69) is 13.8 Å². The predicted octanol–water partition coefficient (Wildman–Crippen LogP) is 3.93. The molecule has 0 aliphatic carbocycles. The fourth-order valence-electron chi connectivity index (χ4n) is 3.59.